The summed E-state index contributed by atoms with van der Waals surface area (Å²) in [6.45, 7) is 5.55. The van der Waals surface area contributed by atoms with E-state index >= 15 is 0 Å². The van der Waals surface area contributed by atoms with Crippen LogP contribution >= 0.6 is 0 Å². The lowest BCUT2D eigenvalue weighted by atomic mass is 9.98. The number of aryl methyl sites for hydroxylation is 1. The van der Waals surface area contributed by atoms with Gasteiger partial charge in [-0.1, -0.05) is 12.5 Å². The molecule has 2 unspecified atom stereocenters. The smallest absolute Gasteiger partial charge is 0.123 e. The molecule has 0 spiro atoms. The van der Waals surface area contributed by atoms with Gasteiger partial charge >= 0.3 is 0 Å². The molecule has 2 heterocycles. The summed E-state index contributed by atoms with van der Waals surface area (Å²) < 4.78 is 13.1. The average molecular weight is 276 g/mol. The highest BCUT2D eigenvalue weighted by Crippen LogP contribution is 2.27. The number of fused-ring (bicyclic) bond motifs is 1. The Kier molecular flexibility index (Phi) is 4.37. The van der Waals surface area contributed by atoms with E-state index in [-0.39, 0.29) is 5.82 Å². The maximum atomic E-state index is 13.1. The second-order valence-corrected chi connectivity index (χ2v) is 6.27. The molecule has 2 fully saturated rings. The van der Waals surface area contributed by atoms with Gasteiger partial charge in [-0.3, -0.25) is 4.90 Å². The number of piperidine rings is 1. The van der Waals surface area contributed by atoms with Crippen LogP contribution in [0.4, 0.5) is 4.39 Å². The van der Waals surface area contributed by atoms with E-state index in [0.717, 1.165) is 24.6 Å². The van der Waals surface area contributed by atoms with Gasteiger partial charge in [0.2, 0.25) is 0 Å². The van der Waals surface area contributed by atoms with E-state index in [1.165, 1.54) is 44.3 Å². The van der Waals surface area contributed by atoms with Crippen molar-refractivity contribution >= 4 is 0 Å². The van der Waals surface area contributed by atoms with Gasteiger partial charge in [0, 0.05) is 18.6 Å². The van der Waals surface area contributed by atoms with Crippen LogP contribution in [0.5, 0.6) is 0 Å². The zero-order valence-electron chi connectivity index (χ0n) is 12.4. The van der Waals surface area contributed by atoms with Gasteiger partial charge in [-0.15, -0.1) is 0 Å². The first-order valence-electron chi connectivity index (χ1n) is 7.96. The van der Waals surface area contributed by atoms with Crippen LogP contribution in [0.15, 0.2) is 18.2 Å². The first kappa shape index (κ1) is 14.0. The third-order valence-corrected chi connectivity index (χ3v) is 4.96. The summed E-state index contributed by atoms with van der Waals surface area (Å²) in [5.74, 6) is -0.132. The van der Waals surface area contributed by atoms with Crippen molar-refractivity contribution in [3.05, 3.63) is 35.1 Å². The van der Waals surface area contributed by atoms with Gasteiger partial charge in [-0.05, 0) is 69.0 Å². The molecule has 3 rings (SSSR count). The standard InChI is InChI=1S/C17H25FN2/c1-13-12-15(18)6-5-14(13)7-9-19-16-8-11-20-10-3-2-4-17(16)20/h5-6,12,16-17,19H,2-4,7-11H2,1H3. The van der Waals surface area contributed by atoms with E-state index < -0.39 is 0 Å². The summed E-state index contributed by atoms with van der Waals surface area (Å²) in [6.07, 6.45) is 6.39. The number of rotatable bonds is 4. The number of nitrogens with one attached hydrogen (secondary N) is 1. The Balaban J connectivity index is 1.50. The van der Waals surface area contributed by atoms with Crippen LogP contribution in [0.25, 0.3) is 0 Å². The molecule has 1 aromatic carbocycles. The van der Waals surface area contributed by atoms with Crippen LogP contribution in [0.2, 0.25) is 0 Å². The molecule has 3 heteroatoms. The molecule has 1 N–H and O–H groups in total. The highest BCUT2D eigenvalue weighted by atomic mass is 19.1. The molecule has 0 saturated carbocycles. The van der Waals surface area contributed by atoms with Crippen LogP contribution in [0.1, 0.15) is 36.8 Å². The Labute approximate surface area is 121 Å². The molecule has 2 nitrogen and oxygen atoms in total. The molecule has 0 bridgehead atoms. The molecule has 2 aliphatic rings. The highest BCUT2D eigenvalue weighted by Gasteiger charge is 2.34. The third kappa shape index (κ3) is 3.04. The van der Waals surface area contributed by atoms with E-state index in [2.05, 4.69) is 10.2 Å². The summed E-state index contributed by atoms with van der Waals surface area (Å²) in [5, 5.41) is 3.74. The summed E-state index contributed by atoms with van der Waals surface area (Å²) in [4.78, 5) is 2.66. The van der Waals surface area contributed by atoms with E-state index in [1.807, 2.05) is 13.0 Å². The van der Waals surface area contributed by atoms with Gasteiger partial charge in [-0.2, -0.15) is 0 Å². The SMILES string of the molecule is Cc1cc(F)ccc1CCNC1CCN2CCCCC12. The molecule has 2 aliphatic heterocycles. The zero-order chi connectivity index (χ0) is 13.9. The molecule has 0 radical (unpaired) electrons. The zero-order valence-corrected chi connectivity index (χ0v) is 12.4. The predicted molar refractivity (Wildman–Crippen MR) is 80.5 cm³/mol. The molecule has 20 heavy (non-hydrogen) atoms. The Bertz CT molecular complexity index is 460. The third-order valence-electron chi connectivity index (χ3n) is 4.96. The minimum Gasteiger partial charge on any atom is -0.312 e. The fourth-order valence-electron chi connectivity index (χ4n) is 3.82. The number of nitrogens with zero attached hydrogens (tertiary/aromatic N) is 1. The van der Waals surface area contributed by atoms with Crippen molar-refractivity contribution in [1.82, 2.24) is 10.2 Å². The molecule has 0 aliphatic carbocycles. The fourth-order valence-corrected chi connectivity index (χ4v) is 3.82. The molecule has 1 aromatic rings. The van der Waals surface area contributed by atoms with Gasteiger partial charge in [0.1, 0.15) is 5.82 Å². The molecule has 110 valence electrons. The van der Waals surface area contributed by atoms with Crippen LogP contribution < -0.4 is 5.32 Å². The molecular formula is C17H25FN2. The van der Waals surface area contributed by atoms with Crippen LogP contribution in [0.3, 0.4) is 0 Å². The Hall–Kier alpha value is -0.930. The second-order valence-electron chi connectivity index (χ2n) is 6.27. The number of hydrogen-bond donors (Lipinski definition) is 1. The van der Waals surface area contributed by atoms with Crippen molar-refractivity contribution in [2.75, 3.05) is 19.6 Å². The predicted octanol–water partition coefficient (Wildman–Crippen LogP) is 2.89. The Morgan fingerprint density at radius 1 is 1.25 bits per heavy atom. The van der Waals surface area contributed by atoms with Crippen molar-refractivity contribution in [1.29, 1.82) is 0 Å². The first-order valence-corrected chi connectivity index (χ1v) is 7.96. The van der Waals surface area contributed by atoms with Crippen LogP contribution in [-0.2, 0) is 6.42 Å². The summed E-state index contributed by atoms with van der Waals surface area (Å²) in [6, 6.07) is 6.55. The van der Waals surface area contributed by atoms with Gasteiger partial charge in [0.15, 0.2) is 0 Å². The first-order chi connectivity index (χ1) is 9.74. The van der Waals surface area contributed by atoms with Crippen molar-refractivity contribution in [3.63, 3.8) is 0 Å². The summed E-state index contributed by atoms with van der Waals surface area (Å²) >= 11 is 0. The van der Waals surface area contributed by atoms with Crippen molar-refractivity contribution in [3.8, 4) is 0 Å². The molecule has 2 saturated heterocycles. The number of hydrogen-bond acceptors (Lipinski definition) is 2. The quantitative estimate of drug-likeness (QED) is 0.909. The normalized spacial score (nSPS) is 26.7. The van der Waals surface area contributed by atoms with Gasteiger partial charge < -0.3 is 5.32 Å². The van der Waals surface area contributed by atoms with E-state index in [9.17, 15) is 4.39 Å². The molecule has 2 atom stereocenters. The largest absolute Gasteiger partial charge is 0.312 e. The van der Waals surface area contributed by atoms with Gasteiger partial charge in [0.05, 0.1) is 0 Å². The van der Waals surface area contributed by atoms with E-state index in [4.69, 9.17) is 0 Å². The van der Waals surface area contributed by atoms with Crippen molar-refractivity contribution in [2.24, 2.45) is 0 Å². The monoisotopic (exact) mass is 276 g/mol. The fraction of sp³-hybridized carbons (Fsp3) is 0.647. The Morgan fingerprint density at radius 3 is 3.00 bits per heavy atom. The van der Waals surface area contributed by atoms with E-state index in [1.54, 1.807) is 12.1 Å². The van der Waals surface area contributed by atoms with Crippen molar-refractivity contribution < 1.29 is 4.39 Å². The summed E-state index contributed by atoms with van der Waals surface area (Å²) in [7, 11) is 0. The number of halogens is 1. The molecule has 0 aromatic heterocycles. The topological polar surface area (TPSA) is 15.3 Å². The van der Waals surface area contributed by atoms with Gasteiger partial charge in [0.25, 0.3) is 0 Å². The average Bonchev–Trinajstić information content (AvgIpc) is 2.85. The minimum atomic E-state index is -0.132. The highest BCUT2D eigenvalue weighted by molar-refractivity contribution is 5.26. The maximum absolute atomic E-state index is 13.1. The van der Waals surface area contributed by atoms with Gasteiger partial charge in [-0.25, -0.2) is 4.39 Å². The number of benzene rings is 1. The summed E-state index contributed by atoms with van der Waals surface area (Å²) in [5.41, 5.74) is 2.33. The van der Waals surface area contributed by atoms with Crippen LogP contribution in [0, 0.1) is 12.7 Å². The minimum absolute atomic E-state index is 0.132. The Morgan fingerprint density at radius 2 is 2.15 bits per heavy atom. The van der Waals surface area contributed by atoms with E-state index in [0.29, 0.717) is 6.04 Å². The van der Waals surface area contributed by atoms with Crippen molar-refractivity contribution in [2.45, 2.75) is 51.1 Å². The lowest BCUT2D eigenvalue weighted by Crippen LogP contribution is -2.45. The molecule has 0 amide bonds. The lowest BCUT2D eigenvalue weighted by Gasteiger charge is -2.32. The maximum Gasteiger partial charge on any atom is 0.123 e. The van der Waals surface area contributed by atoms with Crippen LogP contribution in [-0.4, -0.2) is 36.6 Å². The molecular weight excluding hydrogens is 251 g/mol. The lowest BCUT2D eigenvalue weighted by molar-refractivity contribution is 0.181. The second kappa shape index (κ2) is 6.23.